The predicted molar refractivity (Wildman–Crippen MR) is 61.8 cm³/mol. The highest BCUT2D eigenvalue weighted by molar-refractivity contribution is 6.11. The minimum atomic E-state index is 0.218. The van der Waals surface area contributed by atoms with Crippen LogP contribution in [0.15, 0.2) is 23.5 Å². The van der Waals surface area contributed by atoms with Crippen molar-refractivity contribution >= 4 is 17.5 Å². The van der Waals surface area contributed by atoms with Crippen LogP contribution in [0.1, 0.15) is 5.56 Å². The van der Waals surface area contributed by atoms with E-state index in [0.717, 1.165) is 5.56 Å². The monoisotopic (exact) mass is 206 g/mol. The van der Waals surface area contributed by atoms with Crippen LogP contribution in [0.2, 0.25) is 0 Å². The summed E-state index contributed by atoms with van der Waals surface area (Å²) in [5.41, 5.74) is 12.2. The van der Waals surface area contributed by atoms with Gasteiger partial charge >= 0.3 is 0 Å². The molecule has 0 amide bonds. The Balaban J connectivity index is 3.23. The summed E-state index contributed by atoms with van der Waals surface area (Å²) in [6.45, 7) is 0. The summed E-state index contributed by atoms with van der Waals surface area (Å²) in [7, 11) is 3.43. The molecule has 0 bridgehead atoms. The molecule has 6 nitrogen and oxygen atoms in total. The van der Waals surface area contributed by atoms with Gasteiger partial charge in [0, 0.05) is 20.3 Å². The van der Waals surface area contributed by atoms with Crippen LogP contribution in [0.25, 0.3) is 0 Å². The first-order chi connectivity index (χ1) is 7.22. The molecule has 0 fully saturated rings. The predicted octanol–water partition coefficient (Wildman–Crippen LogP) is -0.00820. The van der Waals surface area contributed by atoms with Gasteiger partial charge in [-0.2, -0.15) is 4.98 Å². The van der Waals surface area contributed by atoms with E-state index in [1.54, 1.807) is 26.4 Å². The lowest BCUT2D eigenvalue weighted by molar-refractivity contribution is 1.16. The molecule has 15 heavy (non-hydrogen) atoms. The van der Waals surface area contributed by atoms with Crippen molar-refractivity contribution in [2.75, 3.05) is 25.1 Å². The van der Waals surface area contributed by atoms with E-state index in [1.807, 2.05) is 0 Å². The van der Waals surface area contributed by atoms with Crippen molar-refractivity contribution in [1.82, 2.24) is 9.97 Å². The zero-order valence-corrected chi connectivity index (χ0v) is 8.73. The molecule has 0 saturated carbocycles. The lowest BCUT2D eigenvalue weighted by atomic mass is 10.2. The number of aliphatic imine (C=N–C) groups is 1. The molecule has 0 unspecified atom stereocenters. The molecule has 1 heterocycles. The van der Waals surface area contributed by atoms with Crippen LogP contribution >= 0.6 is 0 Å². The van der Waals surface area contributed by atoms with E-state index >= 15 is 0 Å². The number of nitrogens with one attached hydrogen (secondary N) is 1. The lowest BCUT2D eigenvalue weighted by Gasteiger charge is -2.07. The fraction of sp³-hybridized carbons (Fsp3) is 0.222. The van der Waals surface area contributed by atoms with Gasteiger partial charge in [-0.25, -0.2) is 4.98 Å². The molecule has 0 spiro atoms. The van der Waals surface area contributed by atoms with Crippen molar-refractivity contribution in [2.45, 2.75) is 0 Å². The topological polar surface area (TPSA) is 102 Å². The van der Waals surface area contributed by atoms with Crippen molar-refractivity contribution < 1.29 is 0 Å². The highest BCUT2D eigenvalue weighted by Gasteiger charge is 2.08. The van der Waals surface area contributed by atoms with Crippen molar-refractivity contribution in [3.05, 3.63) is 24.0 Å². The third-order valence-electron chi connectivity index (χ3n) is 1.82. The maximum Gasteiger partial charge on any atom is 0.221 e. The molecular formula is C9H14N6. The van der Waals surface area contributed by atoms with Gasteiger partial charge in [-0.15, -0.1) is 0 Å². The Morgan fingerprint density at radius 1 is 1.60 bits per heavy atom. The average Bonchev–Trinajstić information content (AvgIpc) is 2.26. The number of nitrogens with two attached hydrogens (primary N) is 2. The molecule has 1 aromatic rings. The Morgan fingerprint density at radius 2 is 2.33 bits per heavy atom. The number of hydrogen-bond acceptors (Lipinski definition) is 6. The van der Waals surface area contributed by atoms with Gasteiger partial charge in [0.2, 0.25) is 5.95 Å². The summed E-state index contributed by atoms with van der Waals surface area (Å²) in [6, 6.07) is 0. The van der Waals surface area contributed by atoms with Crippen LogP contribution in [-0.2, 0) is 0 Å². The number of rotatable bonds is 3. The second-order valence-corrected chi connectivity index (χ2v) is 2.71. The van der Waals surface area contributed by atoms with E-state index in [1.165, 1.54) is 6.20 Å². The molecule has 0 aliphatic carbocycles. The summed E-state index contributed by atoms with van der Waals surface area (Å²) in [5, 5.41) is 2.92. The molecule has 5 N–H and O–H groups in total. The highest BCUT2D eigenvalue weighted by atomic mass is 15.1. The number of aromatic nitrogens is 2. The van der Waals surface area contributed by atoms with E-state index < -0.39 is 0 Å². The molecule has 0 aromatic carbocycles. The minimum Gasteiger partial charge on any atom is -0.405 e. The third-order valence-corrected chi connectivity index (χ3v) is 1.82. The van der Waals surface area contributed by atoms with Gasteiger partial charge in [-0.1, -0.05) is 0 Å². The van der Waals surface area contributed by atoms with Crippen LogP contribution < -0.4 is 16.8 Å². The van der Waals surface area contributed by atoms with Gasteiger partial charge < -0.3 is 16.8 Å². The molecule has 0 saturated heterocycles. The Morgan fingerprint density at radius 3 is 2.87 bits per heavy atom. The number of hydrogen-bond donors (Lipinski definition) is 3. The van der Waals surface area contributed by atoms with Gasteiger partial charge in [0.05, 0.1) is 11.3 Å². The molecule has 1 aromatic heterocycles. The van der Waals surface area contributed by atoms with Crippen LogP contribution in [0.4, 0.5) is 11.8 Å². The van der Waals surface area contributed by atoms with Crippen LogP contribution in [0, 0.1) is 0 Å². The second kappa shape index (κ2) is 4.94. The maximum atomic E-state index is 5.47. The zero-order chi connectivity index (χ0) is 11.3. The summed E-state index contributed by atoms with van der Waals surface area (Å²) in [5.74, 6) is 0.844. The molecule has 0 aliphatic rings. The van der Waals surface area contributed by atoms with Crippen LogP contribution in [-0.4, -0.2) is 29.8 Å². The molecule has 1 rings (SSSR count). The average molecular weight is 206 g/mol. The summed E-state index contributed by atoms with van der Waals surface area (Å²) in [4.78, 5) is 12.0. The van der Waals surface area contributed by atoms with Gasteiger partial charge in [0.1, 0.15) is 5.82 Å². The first kappa shape index (κ1) is 11.0. The maximum absolute atomic E-state index is 5.47. The SMILES string of the molecule is CN=C(C=CN)c1cnc(N)nc1NC. The number of anilines is 2. The summed E-state index contributed by atoms with van der Waals surface area (Å²) in [6.07, 6.45) is 4.70. The minimum absolute atomic E-state index is 0.218. The first-order valence-electron chi connectivity index (χ1n) is 4.38. The smallest absolute Gasteiger partial charge is 0.221 e. The van der Waals surface area contributed by atoms with E-state index in [4.69, 9.17) is 11.5 Å². The van der Waals surface area contributed by atoms with E-state index in [9.17, 15) is 0 Å². The largest absolute Gasteiger partial charge is 0.405 e. The van der Waals surface area contributed by atoms with Gasteiger partial charge in [-0.3, -0.25) is 4.99 Å². The number of allylic oxidation sites excluding steroid dienone is 1. The quantitative estimate of drug-likeness (QED) is 0.604. The summed E-state index contributed by atoms with van der Waals surface area (Å²) >= 11 is 0. The van der Waals surface area contributed by atoms with Gasteiger partial charge in [0.25, 0.3) is 0 Å². The van der Waals surface area contributed by atoms with E-state index in [2.05, 4.69) is 20.3 Å². The van der Waals surface area contributed by atoms with Crippen molar-refractivity contribution in [3.8, 4) is 0 Å². The standard InChI is InChI=1S/C9H14N6/c1-12-7(3-4-10)6-5-14-9(11)15-8(6)13-2/h3-5H,10H2,1-2H3,(H3,11,13,14,15). The van der Waals surface area contributed by atoms with Crippen LogP contribution in [0.3, 0.4) is 0 Å². The first-order valence-corrected chi connectivity index (χ1v) is 4.38. The second-order valence-electron chi connectivity index (χ2n) is 2.71. The Hall–Kier alpha value is -2.11. The Kier molecular flexibility index (Phi) is 3.61. The van der Waals surface area contributed by atoms with Crippen molar-refractivity contribution in [1.29, 1.82) is 0 Å². The van der Waals surface area contributed by atoms with Crippen molar-refractivity contribution in [3.63, 3.8) is 0 Å². The van der Waals surface area contributed by atoms with Crippen molar-refractivity contribution in [2.24, 2.45) is 10.7 Å². The molecule has 0 aliphatic heterocycles. The molecular weight excluding hydrogens is 192 g/mol. The zero-order valence-electron chi connectivity index (χ0n) is 8.73. The van der Waals surface area contributed by atoms with Crippen LogP contribution in [0.5, 0.6) is 0 Å². The molecule has 0 radical (unpaired) electrons. The molecule has 6 heteroatoms. The molecule has 80 valence electrons. The third kappa shape index (κ3) is 2.43. The normalized spacial score (nSPS) is 12.0. The van der Waals surface area contributed by atoms with E-state index in [-0.39, 0.29) is 5.95 Å². The van der Waals surface area contributed by atoms with Gasteiger partial charge in [0.15, 0.2) is 0 Å². The fourth-order valence-electron chi connectivity index (χ4n) is 1.15. The highest BCUT2D eigenvalue weighted by Crippen LogP contribution is 2.13. The summed E-state index contributed by atoms with van der Waals surface area (Å²) < 4.78 is 0. The Bertz CT molecular complexity index is 396. The van der Waals surface area contributed by atoms with Gasteiger partial charge in [-0.05, 0) is 12.3 Å². The fourth-order valence-corrected chi connectivity index (χ4v) is 1.15. The lowest BCUT2D eigenvalue weighted by Crippen LogP contribution is -2.08. The Labute approximate surface area is 88.1 Å². The molecule has 0 atom stereocenters. The number of nitrogen functional groups attached to an aromatic ring is 1. The number of nitrogens with zero attached hydrogens (tertiary/aromatic N) is 3. The van der Waals surface area contributed by atoms with E-state index in [0.29, 0.717) is 11.5 Å².